The summed E-state index contributed by atoms with van der Waals surface area (Å²) in [7, 11) is -14.5. The third kappa shape index (κ3) is 5.95. The van der Waals surface area contributed by atoms with Gasteiger partial charge in [0.2, 0.25) is 5.91 Å². The van der Waals surface area contributed by atoms with Gasteiger partial charge in [-0.3, -0.25) is 19.1 Å². The Morgan fingerprint density at radius 3 is 1.89 bits per heavy atom. The molecule has 10 nitrogen and oxygen atoms in total. The second-order valence-corrected chi connectivity index (χ2v) is 12.2. The number of rotatable bonds is 7. The average molecular weight is 603 g/mol. The highest BCUT2D eigenvalue weighted by Crippen LogP contribution is 2.35. The van der Waals surface area contributed by atoms with Crippen molar-refractivity contribution >= 4 is 59.4 Å². The van der Waals surface area contributed by atoms with Crippen LogP contribution in [0.15, 0.2) is 51.1 Å². The first-order chi connectivity index (χ1) is 16.2. The Kier molecular flexibility index (Phi) is 8.14. The topological polar surface area (TPSA) is 158 Å². The van der Waals surface area contributed by atoms with E-state index in [-0.39, 0.29) is 12.1 Å². The molecule has 1 atom stereocenters. The van der Waals surface area contributed by atoms with Gasteiger partial charge in [0.25, 0.3) is 25.4 Å². The molecule has 0 heterocycles. The molecule has 0 fully saturated rings. The van der Waals surface area contributed by atoms with Crippen molar-refractivity contribution in [1.82, 2.24) is 0 Å². The number of carbonyl (C=O) groups is 1. The summed E-state index contributed by atoms with van der Waals surface area (Å²) in [6, 6.07) is 2.25. The summed E-state index contributed by atoms with van der Waals surface area (Å²) < 4.78 is 135. The van der Waals surface area contributed by atoms with Gasteiger partial charge in [-0.25, -0.2) is 16.8 Å². The molecule has 0 saturated carbocycles. The molecule has 198 valence electrons. The maximum atomic E-state index is 12.7. The van der Waals surface area contributed by atoms with Crippen molar-refractivity contribution in [2.45, 2.75) is 25.7 Å². The molecule has 1 N–H and O–H groups in total. The van der Waals surface area contributed by atoms with Crippen molar-refractivity contribution in [2.75, 3.05) is 11.1 Å². The van der Waals surface area contributed by atoms with Gasteiger partial charge in [0.05, 0.1) is 36.2 Å². The van der Waals surface area contributed by atoms with Crippen LogP contribution in [0, 0.1) is 10.1 Å². The van der Waals surface area contributed by atoms with E-state index >= 15 is 0 Å². The van der Waals surface area contributed by atoms with Gasteiger partial charge in [0, 0.05) is 6.07 Å². The lowest BCUT2D eigenvalue weighted by molar-refractivity contribution is -0.388. The zero-order chi connectivity index (χ0) is 27.9. The molecule has 0 aliphatic rings. The van der Waals surface area contributed by atoms with Crippen molar-refractivity contribution in [3.8, 4) is 0 Å². The van der Waals surface area contributed by atoms with Crippen LogP contribution in [0.3, 0.4) is 0 Å². The van der Waals surface area contributed by atoms with E-state index in [2.05, 4.69) is 0 Å². The lowest BCUT2D eigenvalue weighted by Gasteiger charge is -2.12. The van der Waals surface area contributed by atoms with Crippen LogP contribution in [0.1, 0.15) is 0 Å². The number of nitro benzene ring substituents is 1. The van der Waals surface area contributed by atoms with Gasteiger partial charge in [-0.05, 0) is 30.3 Å². The third-order valence-electron chi connectivity index (χ3n) is 4.08. The number of hydrogen-bond donors (Lipinski definition) is 1. The average Bonchev–Trinajstić information content (AvgIpc) is 2.72. The second-order valence-electron chi connectivity index (χ2n) is 6.46. The molecule has 0 saturated heterocycles. The van der Waals surface area contributed by atoms with Crippen LogP contribution in [-0.4, -0.2) is 48.6 Å². The van der Waals surface area contributed by atoms with E-state index in [1.54, 1.807) is 0 Å². The van der Waals surface area contributed by atoms with Crippen molar-refractivity contribution in [3.63, 3.8) is 0 Å². The maximum Gasteiger partial charge on any atom is 0.501 e. The summed E-state index contributed by atoms with van der Waals surface area (Å²) >= 11 is 5.72. The summed E-state index contributed by atoms with van der Waals surface area (Å²) in [5.41, 5.74) is -13.5. The molecule has 1 unspecified atom stereocenters. The maximum absolute atomic E-state index is 12.7. The third-order valence-corrected chi connectivity index (χ3v) is 8.73. The van der Waals surface area contributed by atoms with Gasteiger partial charge in [-0.1, -0.05) is 11.6 Å². The molecular formula is C16H9ClF6N2O8S3. The van der Waals surface area contributed by atoms with E-state index < -0.39 is 89.2 Å². The summed E-state index contributed by atoms with van der Waals surface area (Å²) in [5.74, 6) is -2.48. The van der Waals surface area contributed by atoms with E-state index in [1.165, 1.54) is 0 Å². The highest BCUT2D eigenvalue weighted by atomic mass is 35.5. The number of alkyl halides is 6. The number of hydrogen-bond acceptors (Lipinski definition) is 8. The van der Waals surface area contributed by atoms with Crippen LogP contribution >= 0.6 is 11.6 Å². The highest BCUT2D eigenvalue weighted by Gasteiger charge is 2.48. The van der Waals surface area contributed by atoms with Crippen molar-refractivity contribution in [3.05, 3.63) is 51.5 Å². The van der Waals surface area contributed by atoms with E-state index in [1.807, 2.05) is 5.32 Å². The fourth-order valence-corrected chi connectivity index (χ4v) is 5.20. The van der Waals surface area contributed by atoms with Crippen LogP contribution in [0.5, 0.6) is 0 Å². The van der Waals surface area contributed by atoms with Gasteiger partial charge in [0.1, 0.15) is 10.6 Å². The first-order valence-electron chi connectivity index (χ1n) is 8.59. The van der Waals surface area contributed by atoms with Crippen LogP contribution < -0.4 is 5.32 Å². The Morgan fingerprint density at radius 2 is 1.42 bits per heavy atom. The lowest BCUT2D eigenvalue weighted by Crippen LogP contribution is -2.24. The Hall–Kier alpha value is -2.77. The molecular weight excluding hydrogens is 594 g/mol. The van der Waals surface area contributed by atoms with Crippen LogP contribution in [0.2, 0.25) is 5.02 Å². The molecule has 0 radical (unpaired) electrons. The number of carbonyl (C=O) groups excluding carboxylic acids is 1. The summed E-state index contributed by atoms with van der Waals surface area (Å²) in [4.78, 5) is 18.4. The van der Waals surface area contributed by atoms with Crippen LogP contribution in [0.4, 0.5) is 37.7 Å². The Balaban J connectivity index is 2.36. The molecule has 0 aromatic heterocycles. The van der Waals surface area contributed by atoms with Crippen molar-refractivity contribution < 1.29 is 57.1 Å². The minimum absolute atomic E-state index is 0.00367. The first kappa shape index (κ1) is 29.5. The smallest absolute Gasteiger partial charge is 0.324 e. The fraction of sp³-hybridized carbons (Fsp3) is 0.188. The number of benzene rings is 2. The molecule has 36 heavy (non-hydrogen) atoms. The van der Waals surface area contributed by atoms with E-state index in [0.29, 0.717) is 24.3 Å². The SMILES string of the molecule is O=C(CS(=O)c1ccc(S(=O)(=O)C(F)(F)F)cc1[N+](=O)[O-])Nc1cc(S(=O)(=O)C(F)(F)F)ccc1Cl. The molecule has 2 rings (SSSR count). The van der Waals surface area contributed by atoms with Crippen LogP contribution in [-0.2, 0) is 35.3 Å². The standard InChI is InChI=1S/C16H9ClF6N2O8S3/c17-10-3-1-8(35(30,31)15(18,19)20)5-11(10)24-14(26)7-34(29)13-4-2-9(6-12(13)25(27)28)36(32,33)16(21,22)23/h1-6H,7H2,(H,24,26). The molecule has 0 bridgehead atoms. The van der Waals surface area contributed by atoms with Gasteiger partial charge < -0.3 is 5.32 Å². The number of halogens is 7. The molecule has 20 heteroatoms. The number of nitro groups is 1. The van der Waals surface area contributed by atoms with Gasteiger partial charge >= 0.3 is 11.0 Å². The number of nitrogens with zero attached hydrogens (tertiary/aromatic N) is 1. The first-order valence-corrected chi connectivity index (χ1v) is 13.3. The largest absolute Gasteiger partial charge is 0.501 e. The highest BCUT2D eigenvalue weighted by molar-refractivity contribution is 7.92. The Bertz CT molecular complexity index is 1470. The minimum Gasteiger partial charge on any atom is -0.324 e. The summed E-state index contributed by atoms with van der Waals surface area (Å²) in [6.45, 7) is 0. The minimum atomic E-state index is -6.00. The Labute approximate surface area is 204 Å². The van der Waals surface area contributed by atoms with E-state index in [4.69, 9.17) is 11.6 Å². The molecule has 2 aromatic carbocycles. The summed E-state index contributed by atoms with van der Waals surface area (Å²) in [6.07, 6.45) is 0. The normalized spacial score (nSPS) is 13.8. The van der Waals surface area contributed by atoms with Crippen molar-refractivity contribution in [1.29, 1.82) is 0 Å². The van der Waals surface area contributed by atoms with Gasteiger partial charge in [0.15, 0.2) is 0 Å². The van der Waals surface area contributed by atoms with E-state index in [9.17, 15) is 62.3 Å². The summed E-state index contributed by atoms with van der Waals surface area (Å²) in [5, 5.41) is 12.6. The molecule has 0 aliphatic carbocycles. The van der Waals surface area contributed by atoms with Gasteiger partial charge in [-0.15, -0.1) is 0 Å². The lowest BCUT2D eigenvalue weighted by atomic mass is 10.3. The predicted molar refractivity (Wildman–Crippen MR) is 111 cm³/mol. The molecule has 0 aliphatic heterocycles. The number of sulfone groups is 2. The quantitative estimate of drug-likeness (QED) is 0.286. The number of anilines is 1. The molecule has 0 spiro atoms. The predicted octanol–water partition coefficient (Wildman–Crippen LogP) is 3.58. The zero-order valence-electron chi connectivity index (χ0n) is 16.8. The fourth-order valence-electron chi connectivity index (χ4n) is 2.42. The van der Waals surface area contributed by atoms with Crippen LogP contribution in [0.25, 0.3) is 0 Å². The number of amides is 1. The zero-order valence-corrected chi connectivity index (χ0v) is 20.0. The van der Waals surface area contributed by atoms with Gasteiger partial charge in [-0.2, -0.15) is 26.3 Å². The number of nitrogens with one attached hydrogen (secondary N) is 1. The van der Waals surface area contributed by atoms with Crippen molar-refractivity contribution in [2.24, 2.45) is 0 Å². The van der Waals surface area contributed by atoms with E-state index in [0.717, 1.165) is 0 Å². The Morgan fingerprint density at radius 1 is 0.944 bits per heavy atom. The monoisotopic (exact) mass is 602 g/mol. The molecule has 2 aromatic rings. The second kappa shape index (κ2) is 9.94. The molecule has 1 amide bonds.